The van der Waals surface area contributed by atoms with E-state index in [0.717, 1.165) is 38.1 Å². The van der Waals surface area contributed by atoms with E-state index in [9.17, 15) is 4.79 Å². The highest BCUT2D eigenvalue weighted by Crippen LogP contribution is 2.37. The minimum Gasteiger partial charge on any atom is -0.386 e. The van der Waals surface area contributed by atoms with Crippen LogP contribution in [0.1, 0.15) is 26.2 Å². The molecular formula is C12H21N3O3. The van der Waals surface area contributed by atoms with Crippen LogP contribution in [-0.4, -0.2) is 55.0 Å². The molecule has 2 rings (SSSR count). The van der Waals surface area contributed by atoms with Gasteiger partial charge in [-0.2, -0.15) is 0 Å². The molecule has 0 aliphatic carbocycles. The maximum atomic E-state index is 10.6. The molecule has 0 bridgehead atoms. The fourth-order valence-electron chi connectivity index (χ4n) is 2.56. The Labute approximate surface area is 107 Å². The summed E-state index contributed by atoms with van der Waals surface area (Å²) in [6.07, 6.45) is 2.79. The van der Waals surface area contributed by atoms with Crippen molar-refractivity contribution in [1.29, 1.82) is 0 Å². The SMILES string of the molecule is CC1OC2(CCN(C)CC2)C/C1=N/OCC(N)=O. The van der Waals surface area contributed by atoms with Crippen molar-refractivity contribution in [2.24, 2.45) is 10.9 Å². The zero-order chi connectivity index (χ0) is 13.2. The molecule has 1 unspecified atom stereocenters. The van der Waals surface area contributed by atoms with Crippen molar-refractivity contribution in [3.8, 4) is 0 Å². The summed E-state index contributed by atoms with van der Waals surface area (Å²) < 4.78 is 6.05. The third kappa shape index (κ3) is 3.00. The molecule has 0 aromatic rings. The number of likely N-dealkylation sites (tertiary alicyclic amines) is 1. The highest BCUT2D eigenvalue weighted by molar-refractivity contribution is 5.90. The summed E-state index contributed by atoms with van der Waals surface area (Å²) in [6.45, 7) is 3.88. The van der Waals surface area contributed by atoms with Gasteiger partial charge in [0.25, 0.3) is 5.91 Å². The van der Waals surface area contributed by atoms with Crippen LogP contribution in [0.5, 0.6) is 0 Å². The van der Waals surface area contributed by atoms with Gasteiger partial charge in [-0.05, 0) is 26.8 Å². The highest BCUT2D eigenvalue weighted by Gasteiger charge is 2.44. The third-order valence-corrected chi connectivity index (χ3v) is 3.69. The van der Waals surface area contributed by atoms with E-state index < -0.39 is 5.91 Å². The van der Waals surface area contributed by atoms with Gasteiger partial charge in [-0.1, -0.05) is 5.16 Å². The third-order valence-electron chi connectivity index (χ3n) is 3.69. The molecule has 2 aliphatic heterocycles. The lowest BCUT2D eigenvalue weighted by molar-refractivity contribution is -0.122. The van der Waals surface area contributed by atoms with E-state index in [4.69, 9.17) is 15.3 Å². The molecule has 102 valence electrons. The first-order valence-electron chi connectivity index (χ1n) is 6.34. The van der Waals surface area contributed by atoms with Gasteiger partial charge >= 0.3 is 0 Å². The average molecular weight is 255 g/mol. The van der Waals surface area contributed by atoms with Crippen molar-refractivity contribution >= 4 is 11.6 Å². The molecule has 0 saturated carbocycles. The van der Waals surface area contributed by atoms with Crippen LogP contribution in [0, 0.1) is 0 Å². The summed E-state index contributed by atoms with van der Waals surface area (Å²) in [5.41, 5.74) is 5.79. The van der Waals surface area contributed by atoms with E-state index in [1.807, 2.05) is 6.92 Å². The first-order chi connectivity index (χ1) is 8.51. The van der Waals surface area contributed by atoms with Crippen molar-refractivity contribution in [3.63, 3.8) is 0 Å². The number of hydrogen-bond donors (Lipinski definition) is 1. The van der Waals surface area contributed by atoms with E-state index in [1.165, 1.54) is 0 Å². The second-order valence-corrected chi connectivity index (χ2v) is 5.25. The fourth-order valence-corrected chi connectivity index (χ4v) is 2.56. The van der Waals surface area contributed by atoms with Gasteiger partial charge in [-0.15, -0.1) is 0 Å². The number of piperidine rings is 1. The van der Waals surface area contributed by atoms with Gasteiger partial charge < -0.3 is 20.2 Å². The number of hydrogen-bond acceptors (Lipinski definition) is 5. The Bertz CT molecular complexity index is 348. The molecular weight excluding hydrogens is 234 g/mol. The lowest BCUT2D eigenvalue weighted by Gasteiger charge is -2.36. The molecule has 2 fully saturated rings. The first-order valence-corrected chi connectivity index (χ1v) is 6.34. The normalized spacial score (nSPS) is 29.9. The molecule has 2 heterocycles. The maximum absolute atomic E-state index is 10.6. The van der Waals surface area contributed by atoms with Crippen LogP contribution in [0.25, 0.3) is 0 Å². The summed E-state index contributed by atoms with van der Waals surface area (Å²) in [6, 6.07) is 0. The fraction of sp³-hybridized carbons (Fsp3) is 0.833. The minimum atomic E-state index is -0.514. The van der Waals surface area contributed by atoms with Gasteiger partial charge in [0.15, 0.2) is 6.61 Å². The van der Waals surface area contributed by atoms with Crippen molar-refractivity contribution in [2.45, 2.75) is 37.9 Å². The maximum Gasteiger partial charge on any atom is 0.258 e. The van der Waals surface area contributed by atoms with E-state index in [1.54, 1.807) is 0 Å². The number of carbonyl (C=O) groups is 1. The molecule has 2 saturated heterocycles. The largest absolute Gasteiger partial charge is 0.386 e. The molecule has 0 aromatic heterocycles. The monoisotopic (exact) mass is 255 g/mol. The van der Waals surface area contributed by atoms with Crippen LogP contribution in [0.2, 0.25) is 0 Å². The number of carbonyl (C=O) groups excluding carboxylic acids is 1. The van der Waals surface area contributed by atoms with E-state index in [-0.39, 0.29) is 18.3 Å². The molecule has 2 aliphatic rings. The predicted octanol–water partition coefficient (Wildman–Crippen LogP) is 0.118. The highest BCUT2D eigenvalue weighted by atomic mass is 16.6. The Morgan fingerprint density at radius 1 is 1.61 bits per heavy atom. The number of primary amides is 1. The Balaban J connectivity index is 1.93. The summed E-state index contributed by atoms with van der Waals surface area (Å²) in [5, 5.41) is 3.99. The summed E-state index contributed by atoms with van der Waals surface area (Å²) >= 11 is 0. The van der Waals surface area contributed by atoms with Gasteiger partial charge in [-0.25, -0.2) is 0 Å². The predicted molar refractivity (Wildman–Crippen MR) is 67.2 cm³/mol. The van der Waals surface area contributed by atoms with Crippen molar-refractivity contribution in [1.82, 2.24) is 4.90 Å². The summed E-state index contributed by atoms with van der Waals surface area (Å²) in [5.74, 6) is -0.514. The number of nitrogens with zero attached hydrogens (tertiary/aromatic N) is 2. The van der Waals surface area contributed by atoms with Crippen LogP contribution < -0.4 is 5.73 Å². The molecule has 1 amide bonds. The zero-order valence-electron chi connectivity index (χ0n) is 11.0. The second-order valence-electron chi connectivity index (χ2n) is 5.25. The molecule has 6 heteroatoms. The molecule has 18 heavy (non-hydrogen) atoms. The van der Waals surface area contributed by atoms with Crippen molar-refractivity contribution in [2.75, 3.05) is 26.7 Å². The number of rotatable bonds is 3. The minimum absolute atomic E-state index is 0.0405. The van der Waals surface area contributed by atoms with Gasteiger partial charge in [-0.3, -0.25) is 4.79 Å². The van der Waals surface area contributed by atoms with Gasteiger partial charge in [0.2, 0.25) is 0 Å². The second kappa shape index (κ2) is 5.24. The first kappa shape index (κ1) is 13.3. The number of amides is 1. The Morgan fingerprint density at radius 3 is 2.89 bits per heavy atom. The molecule has 1 spiro atoms. The van der Waals surface area contributed by atoms with Crippen LogP contribution in [0.4, 0.5) is 0 Å². The number of ether oxygens (including phenoxy) is 1. The Kier molecular flexibility index (Phi) is 3.87. The van der Waals surface area contributed by atoms with Crippen LogP contribution in [-0.2, 0) is 14.4 Å². The molecule has 1 atom stereocenters. The van der Waals surface area contributed by atoms with Crippen molar-refractivity contribution < 1.29 is 14.4 Å². The van der Waals surface area contributed by atoms with Crippen molar-refractivity contribution in [3.05, 3.63) is 0 Å². The number of oxime groups is 1. The van der Waals surface area contributed by atoms with Gasteiger partial charge in [0, 0.05) is 19.5 Å². The van der Waals surface area contributed by atoms with E-state index >= 15 is 0 Å². The van der Waals surface area contributed by atoms with Gasteiger partial charge in [0.1, 0.15) is 0 Å². The van der Waals surface area contributed by atoms with E-state index in [0.29, 0.717) is 0 Å². The topological polar surface area (TPSA) is 77.2 Å². The Hall–Kier alpha value is -1.14. The van der Waals surface area contributed by atoms with Crippen LogP contribution in [0.15, 0.2) is 5.16 Å². The average Bonchev–Trinajstić information content (AvgIpc) is 2.60. The molecule has 2 N–H and O–H groups in total. The molecule has 0 aromatic carbocycles. The van der Waals surface area contributed by atoms with Gasteiger partial charge in [0.05, 0.1) is 17.4 Å². The molecule has 0 radical (unpaired) electrons. The summed E-state index contributed by atoms with van der Waals surface area (Å²) in [7, 11) is 2.12. The molecule has 6 nitrogen and oxygen atoms in total. The smallest absolute Gasteiger partial charge is 0.258 e. The lowest BCUT2D eigenvalue weighted by atomic mass is 9.88. The lowest BCUT2D eigenvalue weighted by Crippen LogP contribution is -2.42. The van der Waals surface area contributed by atoms with E-state index in [2.05, 4.69) is 17.1 Å². The summed E-state index contributed by atoms with van der Waals surface area (Å²) in [4.78, 5) is 17.8. The standard InChI is InChI=1S/C12H21N3O3/c1-9-10(14-17-8-11(13)16)7-12(18-9)3-5-15(2)6-4-12/h9H,3-8H2,1-2H3,(H2,13,16)/b14-10-. The van der Waals surface area contributed by atoms with Crippen LogP contribution >= 0.6 is 0 Å². The number of nitrogens with two attached hydrogens (primary N) is 1. The Morgan fingerprint density at radius 2 is 2.28 bits per heavy atom. The van der Waals surface area contributed by atoms with Crippen LogP contribution in [0.3, 0.4) is 0 Å². The quantitative estimate of drug-likeness (QED) is 0.727. The zero-order valence-corrected chi connectivity index (χ0v) is 11.0.